The van der Waals surface area contributed by atoms with Crippen molar-refractivity contribution in [2.45, 2.75) is 65.1 Å². The van der Waals surface area contributed by atoms with Crippen LogP contribution in [0.1, 0.15) is 47.2 Å². The Morgan fingerprint density at radius 3 is 2.38 bits per heavy atom. The monoisotopic (exact) mass is 417 g/mol. The molecule has 2 rings (SSSR count). The Morgan fingerprint density at radius 1 is 1.31 bits per heavy atom. The van der Waals surface area contributed by atoms with Gasteiger partial charge in [-0.05, 0) is 53.7 Å². The van der Waals surface area contributed by atoms with E-state index in [1.54, 1.807) is 41.5 Å². The first-order valence-electron chi connectivity index (χ1n) is 9.18. The van der Waals surface area contributed by atoms with E-state index in [1.165, 1.54) is 15.9 Å². The Balaban J connectivity index is 2.30. The highest BCUT2D eigenvalue weighted by Gasteiger charge is 2.50. The third kappa shape index (κ3) is 5.17. The van der Waals surface area contributed by atoms with E-state index in [1.807, 2.05) is 0 Å². The Morgan fingerprint density at radius 2 is 1.93 bits per heavy atom. The van der Waals surface area contributed by atoms with Gasteiger partial charge in [0.25, 0.3) is 5.91 Å². The summed E-state index contributed by atoms with van der Waals surface area (Å²) in [7, 11) is 0. The normalized spacial score (nSPS) is 19.2. The Kier molecular flexibility index (Phi) is 6.18. The van der Waals surface area contributed by atoms with E-state index in [2.05, 4.69) is 4.98 Å². The number of rotatable bonds is 3. The van der Waals surface area contributed by atoms with E-state index >= 15 is 0 Å². The molecule has 0 spiro atoms. The van der Waals surface area contributed by atoms with Crippen molar-refractivity contribution in [3.8, 4) is 0 Å². The van der Waals surface area contributed by atoms with E-state index in [-0.39, 0.29) is 18.8 Å². The van der Waals surface area contributed by atoms with Crippen molar-refractivity contribution in [3.63, 3.8) is 0 Å². The van der Waals surface area contributed by atoms with Crippen LogP contribution in [0.25, 0.3) is 0 Å². The molecule has 2 amide bonds. The molecule has 0 radical (unpaired) electrons. The Labute approximate surface area is 167 Å². The maximum Gasteiger partial charge on any atom is 0.433 e. The van der Waals surface area contributed by atoms with Gasteiger partial charge in [-0.25, -0.2) is 9.78 Å². The van der Waals surface area contributed by atoms with Gasteiger partial charge >= 0.3 is 12.3 Å². The molecule has 162 valence electrons. The molecule has 0 N–H and O–H groups in total. The highest BCUT2D eigenvalue weighted by molar-refractivity contribution is 5.99. The summed E-state index contributed by atoms with van der Waals surface area (Å²) in [4.78, 5) is 31.8. The Bertz CT molecular complexity index is 757. The maximum absolute atomic E-state index is 13.2. The second-order valence-corrected chi connectivity index (χ2v) is 8.11. The van der Waals surface area contributed by atoms with Crippen LogP contribution in [0.3, 0.4) is 0 Å². The Hall–Kier alpha value is -2.36. The van der Waals surface area contributed by atoms with Crippen molar-refractivity contribution in [1.29, 1.82) is 0 Å². The third-order valence-corrected chi connectivity index (χ3v) is 4.29. The highest BCUT2D eigenvalue weighted by Crippen LogP contribution is 2.32. The van der Waals surface area contributed by atoms with Crippen LogP contribution in [-0.4, -0.2) is 52.4 Å². The number of nitrogens with zero attached hydrogens (tertiary/aromatic N) is 3. The number of ether oxygens (including phenoxy) is 2. The number of aromatic nitrogens is 1. The number of likely N-dealkylation sites (N-methyl/N-ethyl adjacent to an activating group) is 1. The number of hydrogen-bond acceptors (Lipinski definition) is 5. The number of halogens is 3. The van der Waals surface area contributed by atoms with Crippen LogP contribution in [-0.2, 0) is 20.4 Å². The standard InChI is InChI=1S/C19H26F3N3O4/c1-7-24(12-8-9-14(23-10-12)19(20,21)22)15(26)13-11-28-18(5,6)25(13)16(27)29-17(2,3)4/h8-10,13H,7,11H2,1-6H3. The van der Waals surface area contributed by atoms with Crippen molar-refractivity contribution in [2.75, 3.05) is 18.1 Å². The van der Waals surface area contributed by atoms with Gasteiger partial charge < -0.3 is 14.4 Å². The molecule has 10 heteroatoms. The molecule has 1 unspecified atom stereocenters. The predicted octanol–water partition coefficient (Wildman–Crippen LogP) is 3.83. The number of anilines is 1. The van der Waals surface area contributed by atoms with Gasteiger partial charge in [0.2, 0.25) is 0 Å². The van der Waals surface area contributed by atoms with E-state index in [4.69, 9.17) is 9.47 Å². The van der Waals surface area contributed by atoms with Crippen LogP contribution in [0.5, 0.6) is 0 Å². The fraction of sp³-hybridized carbons (Fsp3) is 0.632. The van der Waals surface area contributed by atoms with Gasteiger partial charge in [-0.2, -0.15) is 13.2 Å². The minimum absolute atomic E-state index is 0.0599. The van der Waals surface area contributed by atoms with Gasteiger partial charge in [0, 0.05) is 6.54 Å². The van der Waals surface area contributed by atoms with E-state index in [0.29, 0.717) is 0 Å². The van der Waals surface area contributed by atoms with Crippen LogP contribution in [0.15, 0.2) is 18.3 Å². The summed E-state index contributed by atoms with van der Waals surface area (Å²) < 4.78 is 49.3. The van der Waals surface area contributed by atoms with Crippen molar-refractivity contribution >= 4 is 17.7 Å². The van der Waals surface area contributed by atoms with Crippen LogP contribution in [0.4, 0.5) is 23.7 Å². The first-order chi connectivity index (χ1) is 13.2. The summed E-state index contributed by atoms with van der Waals surface area (Å²) in [5, 5.41) is 0. The lowest BCUT2D eigenvalue weighted by Gasteiger charge is -2.36. The summed E-state index contributed by atoms with van der Waals surface area (Å²) in [5.74, 6) is -0.495. The topological polar surface area (TPSA) is 72.0 Å². The van der Waals surface area contributed by atoms with E-state index in [9.17, 15) is 22.8 Å². The number of hydrogen-bond donors (Lipinski definition) is 0. The molecule has 0 aromatic carbocycles. The number of pyridine rings is 1. The molecule has 1 aromatic heterocycles. The fourth-order valence-electron chi connectivity index (χ4n) is 3.00. The van der Waals surface area contributed by atoms with E-state index < -0.39 is 41.2 Å². The SMILES string of the molecule is CCN(C(=O)C1COC(C)(C)N1C(=O)OC(C)(C)C)c1ccc(C(F)(F)F)nc1. The summed E-state index contributed by atoms with van der Waals surface area (Å²) in [6.45, 7) is 10.2. The lowest BCUT2D eigenvalue weighted by atomic mass is 10.1. The fourth-order valence-corrected chi connectivity index (χ4v) is 3.00. The largest absolute Gasteiger partial charge is 0.444 e. The van der Waals surface area contributed by atoms with Gasteiger partial charge in [0.1, 0.15) is 23.1 Å². The van der Waals surface area contributed by atoms with Gasteiger partial charge in [0.05, 0.1) is 18.5 Å². The maximum atomic E-state index is 13.2. The number of amides is 2. The van der Waals surface area contributed by atoms with Crippen molar-refractivity contribution < 1.29 is 32.2 Å². The van der Waals surface area contributed by atoms with Gasteiger partial charge in [0.15, 0.2) is 0 Å². The molecular formula is C19H26F3N3O4. The molecule has 2 heterocycles. The second-order valence-electron chi connectivity index (χ2n) is 8.11. The average molecular weight is 417 g/mol. The van der Waals surface area contributed by atoms with Crippen LogP contribution in [0.2, 0.25) is 0 Å². The molecule has 1 atom stereocenters. The minimum atomic E-state index is -4.57. The van der Waals surface area contributed by atoms with Crippen LogP contribution < -0.4 is 4.90 Å². The lowest BCUT2D eigenvalue weighted by Crippen LogP contribution is -2.55. The average Bonchev–Trinajstić information content (AvgIpc) is 2.89. The zero-order valence-corrected chi connectivity index (χ0v) is 17.3. The molecule has 1 saturated heterocycles. The van der Waals surface area contributed by atoms with E-state index in [0.717, 1.165) is 12.3 Å². The molecule has 29 heavy (non-hydrogen) atoms. The highest BCUT2D eigenvalue weighted by atomic mass is 19.4. The summed E-state index contributed by atoms with van der Waals surface area (Å²) in [5.41, 5.74) is -2.71. The number of carbonyl (C=O) groups is 2. The quantitative estimate of drug-likeness (QED) is 0.748. The number of carbonyl (C=O) groups excluding carboxylic acids is 2. The lowest BCUT2D eigenvalue weighted by molar-refractivity contribution is -0.141. The first kappa shape index (κ1) is 22.9. The summed E-state index contributed by atoms with van der Waals surface area (Å²) in [6.07, 6.45) is -4.29. The zero-order valence-electron chi connectivity index (χ0n) is 17.3. The van der Waals surface area contributed by atoms with Gasteiger partial charge in [-0.3, -0.25) is 9.69 Å². The summed E-state index contributed by atoms with van der Waals surface area (Å²) in [6, 6.07) is 1.00. The molecule has 7 nitrogen and oxygen atoms in total. The number of alkyl halides is 3. The van der Waals surface area contributed by atoms with Gasteiger partial charge in [-0.15, -0.1) is 0 Å². The van der Waals surface area contributed by atoms with Gasteiger partial charge in [-0.1, -0.05) is 0 Å². The smallest absolute Gasteiger partial charge is 0.433 e. The molecule has 0 aliphatic carbocycles. The predicted molar refractivity (Wildman–Crippen MR) is 99.2 cm³/mol. The molecule has 0 saturated carbocycles. The summed E-state index contributed by atoms with van der Waals surface area (Å²) >= 11 is 0. The molecule has 1 aromatic rings. The minimum Gasteiger partial charge on any atom is -0.444 e. The molecule has 1 aliphatic rings. The van der Waals surface area contributed by atoms with Crippen LogP contribution in [0, 0.1) is 0 Å². The van der Waals surface area contributed by atoms with Crippen molar-refractivity contribution in [1.82, 2.24) is 9.88 Å². The molecular weight excluding hydrogens is 391 g/mol. The zero-order chi connectivity index (χ0) is 22.2. The first-order valence-corrected chi connectivity index (χ1v) is 9.18. The molecule has 1 fully saturated rings. The van der Waals surface area contributed by atoms with Crippen molar-refractivity contribution in [3.05, 3.63) is 24.0 Å². The third-order valence-electron chi connectivity index (χ3n) is 4.29. The van der Waals surface area contributed by atoms with Crippen molar-refractivity contribution in [2.24, 2.45) is 0 Å². The molecule has 1 aliphatic heterocycles. The van der Waals surface area contributed by atoms with Crippen LogP contribution >= 0.6 is 0 Å². The second kappa shape index (κ2) is 7.81. The molecule has 0 bridgehead atoms.